The second-order valence-electron chi connectivity index (χ2n) is 5.46. The van der Waals surface area contributed by atoms with Crippen LogP contribution in [0.2, 0.25) is 0 Å². The van der Waals surface area contributed by atoms with Gasteiger partial charge in [-0.25, -0.2) is 0 Å². The van der Waals surface area contributed by atoms with Gasteiger partial charge in [-0.1, -0.05) is 6.92 Å². The molecule has 0 N–H and O–H groups in total. The molecule has 0 aliphatic carbocycles. The Kier molecular flexibility index (Phi) is 5.57. The van der Waals surface area contributed by atoms with Gasteiger partial charge in [0.1, 0.15) is 0 Å². The van der Waals surface area contributed by atoms with Gasteiger partial charge in [0.2, 0.25) is 0 Å². The van der Waals surface area contributed by atoms with Crippen molar-refractivity contribution in [3.63, 3.8) is 0 Å². The minimum Gasteiger partial charge on any atom is -0.380 e. The average molecular weight is 362 g/mol. The van der Waals surface area contributed by atoms with Crippen molar-refractivity contribution in [3.8, 4) is 0 Å². The van der Waals surface area contributed by atoms with Gasteiger partial charge in [0.05, 0.1) is 19.8 Å². The summed E-state index contributed by atoms with van der Waals surface area (Å²) >= 11 is 0. The molecule has 0 aromatic carbocycles. The third-order valence-electron chi connectivity index (χ3n) is 3.82. The van der Waals surface area contributed by atoms with Crippen molar-refractivity contribution in [2.45, 2.75) is 50.3 Å². The third-order valence-corrected chi connectivity index (χ3v) is 3.82. The Morgan fingerprint density at radius 1 is 0.913 bits per heavy atom. The summed E-state index contributed by atoms with van der Waals surface area (Å²) in [4.78, 5) is 0. The topological polar surface area (TPSA) is 18.5 Å². The lowest BCUT2D eigenvalue weighted by molar-refractivity contribution is -0.444. The van der Waals surface area contributed by atoms with Crippen LogP contribution in [-0.2, 0) is 9.47 Å². The Labute approximate surface area is 125 Å². The molecular formula is C12H15F9O2. The fourth-order valence-electron chi connectivity index (χ4n) is 2.01. The van der Waals surface area contributed by atoms with E-state index in [0.29, 0.717) is 19.6 Å². The summed E-state index contributed by atoms with van der Waals surface area (Å²) in [6.07, 6.45) is -12.1. The predicted molar refractivity (Wildman–Crippen MR) is 59.6 cm³/mol. The van der Waals surface area contributed by atoms with Crippen LogP contribution in [0.3, 0.4) is 0 Å². The molecule has 1 aliphatic heterocycles. The zero-order chi connectivity index (χ0) is 18.2. The molecule has 11 heteroatoms. The van der Waals surface area contributed by atoms with Gasteiger partial charge in [0.25, 0.3) is 0 Å². The number of hydrogen-bond donors (Lipinski definition) is 0. The molecule has 0 spiro atoms. The fraction of sp³-hybridized carbons (Fsp3) is 1.00. The van der Waals surface area contributed by atoms with Gasteiger partial charge in [-0.3, -0.25) is 0 Å². The van der Waals surface area contributed by atoms with Crippen molar-refractivity contribution in [1.29, 1.82) is 0 Å². The molecule has 0 saturated carbocycles. The fourth-order valence-corrected chi connectivity index (χ4v) is 2.01. The standard InChI is InChI=1S/C12H15F9O2/c1-2-8(6-22-7-8)4-3-5-23-12(20,21)10(15,16)9(13,14)11(17,18)19/h2-7H2,1H3. The van der Waals surface area contributed by atoms with Crippen molar-refractivity contribution in [2.75, 3.05) is 19.8 Å². The maximum absolute atomic E-state index is 13.0. The number of ether oxygens (including phenoxy) is 2. The highest BCUT2D eigenvalue weighted by Crippen LogP contribution is 2.53. The number of halogens is 9. The molecule has 0 bridgehead atoms. The van der Waals surface area contributed by atoms with E-state index in [-0.39, 0.29) is 18.3 Å². The molecule has 1 saturated heterocycles. The Bertz CT molecular complexity index is 396. The second kappa shape index (κ2) is 6.30. The molecule has 0 aromatic rings. The summed E-state index contributed by atoms with van der Waals surface area (Å²) in [6, 6.07) is 0. The van der Waals surface area contributed by atoms with Crippen LogP contribution in [0.15, 0.2) is 0 Å². The van der Waals surface area contributed by atoms with Crippen LogP contribution in [0, 0.1) is 5.41 Å². The molecule has 0 radical (unpaired) electrons. The first-order valence-electron chi connectivity index (χ1n) is 6.64. The van der Waals surface area contributed by atoms with Gasteiger partial charge in [0, 0.05) is 5.41 Å². The Balaban J connectivity index is 2.63. The van der Waals surface area contributed by atoms with Crippen LogP contribution < -0.4 is 0 Å². The molecule has 0 aromatic heterocycles. The van der Waals surface area contributed by atoms with Gasteiger partial charge in [0.15, 0.2) is 0 Å². The van der Waals surface area contributed by atoms with E-state index in [2.05, 4.69) is 4.74 Å². The lowest BCUT2D eigenvalue weighted by Crippen LogP contribution is -2.61. The highest BCUT2D eigenvalue weighted by molar-refractivity contribution is 4.96. The van der Waals surface area contributed by atoms with Gasteiger partial charge in [-0.15, -0.1) is 0 Å². The molecule has 0 atom stereocenters. The average Bonchev–Trinajstić information content (AvgIpc) is 2.35. The number of alkyl halides is 9. The molecule has 1 fully saturated rings. The summed E-state index contributed by atoms with van der Waals surface area (Å²) in [7, 11) is 0. The van der Waals surface area contributed by atoms with Gasteiger partial charge in [-0.05, 0) is 19.3 Å². The third kappa shape index (κ3) is 3.70. The first kappa shape index (κ1) is 20.3. The maximum atomic E-state index is 13.0. The highest BCUT2D eigenvalue weighted by atomic mass is 19.4. The smallest absolute Gasteiger partial charge is 0.380 e. The summed E-state index contributed by atoms with van der Waals surface area (Å²) in [5, 5.41) is 0. The lowest BCUT2D eigenvalue weighted by atomic mass is 9.79. The van der Waals surface area contributed by atoms with E-state index < -0.39 is 30.7 Å². The molecule has 1 rings (SSSR count). The largest absolute Gasteiger partial charge is 0.460 e. The van der Waals surface area contributed by atoms with Crippen LogP contribution in [0.4, 0.5) is 39.5 Å². The Hall–Kier alpha value is -0.710. The van der Waals surface area contributed by atoms with E-state index in [4.69, 9.17) is 4.74 Å². The van der Waals surface area contributed by atoms with Crippen LogP contribution in [0.1, 0.15) is 26.2 Å². The van der Waals surface area contributed by atoms with Crippen molar-refractivity contribution in [2.24, 2.45) is 5.41 Å². The normalized spacial score (nSPS) is 19.6. The van der Waals surface area contributed by atoms with Gasteiger partial charge < -0.3 is 9.47 Å². The van der Waals surface area contributed by atoms with Crippen molar-refractivity contribution in [1.82, 2.24) is 0 Å². The first-order valence-corrected chi connectivity index (χ1v) is 6.64. The van der Waals surface area contributed by atoms with E-state index in [9.17, 15) is 39.5 Å². The summed E-state index contributed by atoms with van der Waals surface area (Å²) in [5.41, 5.74) is -0.322. The monoisotopic (exact) mass is 362 g/mol. The van der Waals surface area contributed by atoms with Crippen LogP contribution >= 0.6 is 0 Å². The van der Waals surface area contributed by atoms with Gasteiger partial charge in [-0.2, -0.15) is 39.5 Å². The summed E-state index contributed by atoms with van der Waals surface area (Å²) in [5.74, 6) is -13.6. The minimum absolute atomic E-state index is 0.208. The molecule has 0 amide bonds. The van der Waals surface area contributed by atoms with E-state index in [0.717, 1.165) is 0 Å². The van der Waals surface area contributed by atoms with E-state index in [1.165, 1.54) is 0 Å². The highest BCUT2D eigenvalue weighted by Gasteiger charge is 2.82. The molecule has 23 heavy (non-hydrogen) atoms. The zero-order valence-corrected chi connectivity index (χ0v) is 12.0. The lowest BCUT2D eigenvalue weighted by Gasteiger charge is -2.41. The number of rotatable bonds is 8. The van der Waals surface area contributed by atoms with E-state index in [1.54, 1.807) is 6.92 Å². The predicted octanol–water partition coefficient (Wildman–Crippen LogP) is 4.64. The first-order chi connectivity index (χ1) is 10.2. The Morgan fingerprint density at radius 3 is 1.78 bits per heavy atom. The van der Waals surface area contributed by atoms with Crippen molar-refractivity contribution in [3.05, 3.63) is 0 Å². The molecule has 1 heterocycles. The van der Waals surface area contributed by atoms with Crippen LogP contribution in [0.25, 0.3) is 0 Å². The number of hydrogen-bond acceptors (Lipinski definition) is 2. The van der Waals surface area contributed by atoms with E-state index in [1.807, 2.05) is 0 Å². The second-order valence-corrected chi connectivity index (χ2v) is 5.46. The molecule has 1 aliphatic rings. The molecule has 138 valence electrons. The summed E-state index contributed by atoms with van der Waals surface area (Å²) in [6.45, 7) is 1.37. The SMILES string of the molecule is CCC1(CCCOC(F)(F)C(F)(F)C(F)(F)C(F)(F)F)COC1. The van der Waals surface area contributed by atoms with Crippen molar-refractivity contribution >= 4 is 0 Å². The van der Waals surface area contributed by atoms with E-state index >= 15 is 0 Å². The molecule has 0 unspecified atom stereocenters. The quantitative estimate of drug-likeness (QED) is 0.463. The molecular weight excluding hydrogens is 347 g/mol. The van der Waals surface area contributed by atoms with Crippen molar-refractivity contribution < 1.29 is 49.0 Å². The molecule has 2 nitrogen and oxygen atoms in total. The zero-order valence-electron chi connectivity index (χ0n) is 12.0. The minimum atomic E-state index is -6.92. The van der Waals surface area contributed by atoms with Crippen LogP contribution in [-0.4, -0.2) is 44.0 Å². The van der Waals surface area contributed by atoms with Gasteiger partial charge >= 0.3 is 24.1 Å². The van der Waals surface area contributed by atoms with Crippen LogP contribution in [0.5, 0.6) is 0 Å². The maximum Gasteiger partial charge on any atom is 0.460 e. The summed E-state index contributed by atoms with van der Waals surface area (Å²) < 4.78 is 121. The Morgan fingerprint density at radius 2 is 1.43 bits per heavy atom.